The molecule has 21 heavy (non-hydrogen) atoms. The Morgan fingerprint density at radius 1 is 1.00 bits per heavy atom. The molecule has 116 valence electrons. The maximum atomic E-state index is 5.41. The van der Waals surface area contributed by atoms with Gasteiger partial charge in [-0.25, -0.2) is 0 Å². The van der Waals surface area contributed by atoms with Crippen molar-refractivity contribution in [2.45, 2.75) is 13.0 Å². The van der Waals surface area contributed by atoms with Gasteiger partial charge in [0.05, 0.1) is 13.2 Å². The fourth-order valence-corrected chi connectivity index (χ4v) is 3.18. The number of hydrogen-bond donors (Lipinski definition) is 0. The number of benzene rings is 1. The van der Waals surface area contributed by atoms with Gasteiger partial charge in [-0.3, -0.25) is 9.80 Å². The van der Waals surface area contributed by atoms with Gasteiger partial charge in [0.2, 0.25) is 0 Å². The van der Waals surface area contributed by atoms with Gasteiger partial charge in [0, 0.05) is 59.1 Å². The van der Waals surface area contributed by atoms with Crippen LogP contribution in [0.2, 0.25) is 0 Å². The van der Waals surface area contributed by atoms with Gasteiger partial charge < -0.3 is 9.64 Å². The van der Waals surface area contributed by atoms with E-state index in [0.717, 1.165) is 32.8 Å². The van der Waals surface area contributed by atoms with Gasteiger partial charge in [0.25, 0.3) is 0 Å². The zero-order valence-electron chi connectivity index (χ0n) is 13.3. The maximum Gasteiger partial charge on any atom is 0.0594 e. The number of hydrogen-bond acceptors (Lipinski definition) is 4. The summed E-state index contributed by atoms with van der Waals surface area (Å²) < 4.78 is 5.41. The highest BCUT2D eigenvalue weighted by Crippen LogP contribution is 2.23. The summed E-state index contributed by atoms with van der Waals surface area (Å²) in [5.74, 6) is 0. The minimum atomic E-state index is 0.898. The summed E-state index contributed by atoms with van der Waals surface area (Å²) >= 11 is 0. The summed E-state index contributed by atoms with van der Waals surface area (Å²) in [6, 6.07) is 6.91. The Hall–Kier alpha value is -1.10. The first kappa shape index (κ1) is 14.8. The molecule has 0 aromatic heterocycles. The standard InChI is InChI=1S/C17H27N3O/c1-18(2)17-4-3-15-5-6-20(14-16(15)13-17)8-7-19-9-11-21-12-10-19/h3-4,13H,5-12,14H2,1-2H3. The molecule has 0 bridgehead atoms. The lowest BCUT2D eigenvalue weighted by Crippen LogP contribution is -2.42. The molecule has 0 aliphatic carbocycles. The Morgan fingerprint density at radius 3 is 2.52 bits per heavy atom. The lowest BCUT2D eigenvalue weighted by molar-refractivity contribution is 0.0327. The predicted octanol–water partition coefficient (Wildman–Crippen LogP) is 1.44. The van der Waals surface area contributed by atoms with E-state index in [-0.39, 0.29) is 0 Å². The number of ether oxygens (including phenoxy) is 1. The molecule has 0 atom stereocenters. The Kier molecular flexibility index (Phi) is 4.78. The fourth-order valence-electron chi connectivity index (χ4n) is 3.18. The van der Waals surface area contributed by atoms with Crippen molar-refractivity contribution < 1.29 is 4.74 Å². The second kappa shape index (κ2) is 6.77. The quantitative estimate of drug-likeness (QED) is 0.835. The summed E-state index contributed by atoms with van der Waals surface area (Å²) in [5.41, 5.74) is 4.35. The van der Waals surface area contributed by atoms with Crippen molar-refractivity contribution in [3.8, 4) is 0 Å². The van der Waals surface area contributed by atoms with Crippen molar-refractivity contribution in [1.29, 1.82) is 0 Å². The van der Waals surface area contributed by atoms with Crippen LogP contribution < -0.4 is 4.90 Å². The molecule has 1 aromatic rings. The molecule has 4 nitrogen and oxygen atoms in total. The zero-order chi connectivity index (χ0) is 14.7. The van der Waals surface area contributed by atoms with Crippen molar-refractivity contribution >= 4 is 5.69 Å². The van der Waals surface area contributed by atoms with E-state index >= 15 is 0 Å². The van der Waals surface area contributed by atoms with Crippen LogP contribution in [0.25, 0.3) is 0 Å². The lowest BCUT2D eigenvalue weighted by Gasteiger charge is -2.33. The molecule has 0 N–H and O–H groups in total. The van der Waals surface area contributed by atoms with Crippen LogP contribution >= 0.6 is 0 Å². The van der Waals surface area contributed by atoms with Gasteiger partial charge in [0.1, 0.15) is 0 Å². The van der Waals surface area contributed by atoms with Gasteiger partial charge in [-0.15, -0.1) is 0 Å². The second-order valence-corrected chi connectivity index (χ2v) is 6.33. The van der Waals surface area contributed by atoms with Crippen LogP contribution in [0, 0.1) is 0 Å². The Balaban J connectivity index is 1.56. The van der Waals surface area contributed by atoms with E-state index in [4.69, 9.17) is 4.74 Å². The fraction of sp³-hybridized carbons (Fsp3) is 0.647. The molecule has 0 amide bonds. The van der Waals surface area contributed by atoms with Crippen LogP contribution in [-0.4, -0.2) is 69.8 Å². The highest BCUT2D eigenvalue weighted by atomic mass is 16.5. The SMILES string of the molecule is CN(C)c1ccc2c(c1)CN(CCN1CCOCC1)CC2. The van der Waals surface area contributed by atoms with Gasteiger partial charge in [0.15, 0.2) is 0 Å². The third kappa shape index (κ3) is 3.76. The van der Waals surface area contributed by atoms with Crippen molar-refractivity contribution in [3.05, 3.63) is 29.3 Å². The van der Waals surface area contributed by atoms with E-state index in [0.29, 0.717) is 0 Å². The van der Waals surface area contributed by atoms with Crippen LogP contribution in [0.1, 0.15) is 11.1 Å². The summed E-state index contributed by atoms with van der Waals surface area (Å²) in [4.78, 5) is 7.31. The average Bonchev–Trinajstić information content (AvgIpc) is 2.53. The van der Waals surface area contributed by atoms with Crippen LogP contribution in [-0.2, 0) is 17.7 Å². The van der Waals surface area contributed by atoms with E-state index in [1.165, 1.54) is 42.9 Å². The van der Waals surface area contributed by atoms with Crippen molar-refractivity contribution in [1.82, 2.24) is 9.80 Å². The molecular formula is C17H27N3O. The smallest absolute Gasteiger partial charge is 0.0594 e. The zero-order valence-corrected chi connectivity index (χ0v) is 13.3. The third-order valence-electron chi connectivity index (χ3n) is 4.63. The minimum Gasteiger partial charge on any atom is -0.379 e. The van der Waals surface area contributed by atoms with Crippen LogP contribution in [0.15, 0.2) is 18.2 Å². The Labute approximate surface area is 128 Å². The number of nitrogens with zero attached hydrogens (tertiary/aromatic N) is 3. The highest BCUT2D eigenvalue weighted by Gasteiger charge is 2.18. The predicted molar refractivity (Wildman–Crippen MR) is 87.0 cm³/mol. The molecule has 2 aliphatic heterocycles. The summed E-state index contributed by atoms with van der Waals surface area (Å²) in [7, 11) is 4.22. The first-order chi connectivity index (χ1) is 10.2. The van der Waals surface area contributed by atoms with Crippen molar-refractivity contribution in [3.63, 3.8) is 0 Å². The largest absolute Gasteiger partial charge is 0.379 e. The summed E-state index contributed by atoms with van der Waals surface area (Å²) in [6.45, 7) is 8.62. The topological polar surface area (TPSA) is 19.0 Å². The molecule has 0 unspecified atom stereocenters. The minimum absolute atomic E-state index is 0.898. The first-order valence-electron chi connectivity index (χ1n) is 8.04. The first-order valence-corrected chi connectivity index (χ1v) is 8.04. The van der Waals surface area contributed by atoms with Crippen LogP contribution in [0.4, 0.5) is 5.69 Å². The number of rotatable bonds is 4. The molecule has 1 aromatic carbocycles. The lowest BCUT2D eigenvalue weighted by atomic mass is 9.99. The van der Waals surface area contributed by atoms with Crippen molar-refractivity contribution in [2.75, 3.05) is 64.9 Å². The average molecular weight is 289 g/mol. The molecule has 0 radical (unpaired) electrons. The number of anilines is 1. The molecule has 0 spiro atoms. The van der Waals surface area contributed by atoms with Gasteiger partial charge >= 0.3 is 0 Å². The van der Waals surface area contributed by atoms with Crippen molar-refractivity contribution in [2.24, 2.45) is 0 Å². The van der Waals surface area contributed by atoms with Gasteiger partial charge in [-0.05, 0) is 29.7 Å². The number of fused-ring (bicyclic) bond motifs is 1. The molecule has 1 saturated heterocycles. The molecule has 2 aliphatic rings. The third-order valence-corrected chi connectivity index (χ3v) is 4.63. The van der Waals surface area contributed by atoms with Crippen LogP contribution in [0.5, 0.6) is 0 Å². The Bertz CT molecular complexity index is 469. The van der Waals surface area contributed by atoms with Gasteiger partial charge in [-0.1, -0.05) is 6.07 Å². The summed E-state index contributed by atoms with van der Waals surface area (Å²) in [6.07, 6.45) is 1.19. The summed E-state index contributed by atoms with van der Waals surface area (Å²) in [5, 5.41) is 0. The van der Waals surface area contributed by atoms with E-state index in [1.54, 1.807) is 0 Å². The monoisotopic (exact) mass is 289 g/mol. The van der Waals surface area contributed by atoms with Crippen LogP contribution in [0.3, 0.4) is 0 Å². The maximum absolute atomic E-state index is 5.41. The molecule has 4 heteroatoms. The molecule has 0 saturated carbocycles. The van der Waals surface area contributed by atoms with E-state index in [2.05, 4.69) is 47.0 Å². The van der Waals surface area contributed by atoms with E-state index in [9.17, 15) is 0 Å². The molecule has 1 fully saturated rings. The molecular weight excluding hydrogens is 262 g/mol. The van der Waals surface area contributed by atoms with E-state index < -0.39 is 0 Å². The second-order valence-electron chi connectivity index (χ2n) is 6.33. The normalized spacial score (nSPS) is 20.3. The number of morpholine rings is 1. The molecule has 2 heterocycles. The van der Waals surface area contributed by atoms with Gasteiger partial charge in [-0.2, -0.15) is 0 Å². The highest BCUT2D eigenvalue weighted by molar-refractivity contribution is 5.50. The molecule has 3 rings (SSSR count). The van der Waals surface area contributed by atoms with E-state index in [1.807, 2.05) is 0 Å². The Morgan fingerprint density at radius 2 is 1.76 bits per heavy atom.